The van der Waals surface area contributed by atoms with Crippen molar-refractivity contribution in [3.8, 4) is 0 Å². The molecule has 1 atom stereocenters. The molecule has 2 aromatic carbocycles. The Bertz CT molecular complexity index is 832. The number of carbonyl (C=O) groups is 3. The molecule has 4 amide bonds. The Kier molecular flexibility index (Phi) is 4.38. The van der Waals surface area contributed by atoms with Crippen molar-refractivity contribution in [1.29, 1.82) is 0 Å². The van der Waals surface area contributed by atoms with Crippen LogP contribution < -0.4 is 21.3 Å². The van der Waals surface area contributed by atoms with Gasteiger partial charge in [0.15, 0.2) is 0 Å². The Morgan fingerprint density at radius 2 is 1.80 bits per heavy atom. The van der Waals surface area contributed by atoms with E-state index in [1.165, 1.54) is 4.90 Å². The molecule has 25 heavy (non-hydrogen) atoms. The topological polar surface area (TPSA) is 105 Å². The van der Waals surface area contributed by atoms with Gasteiger partial charge >= 0.3 is 6.03 Å². The van der Waals surface area contributed by atoms with Gasteiger partial charge in [0.2, 0.25) is 5.91 Å². The van der Waals surface area contributed by atoms with Gasteiger partial charge in [0.1, 0.15) is 12.6 Å². The number of urea groups is 1. The first-order valence-electron chi connectivity index (χ1n) is 7.78. The molecule has 3 rings (SSSR count). The van der Waals surface area contributed by atoms with Crippen molar-refractivity contribution in [3.63, 3.8) is 0 Å². The zero-order valence-electron chi connectivity index (χ0n) is 13.7. The van der Waals surface area contributed by atoms with Crippen LogP contribution in [-0.4, -0.2) is 24.4 Å². The summed E-state index contributed by atoms with van der Waals surface area (Å²) < 4.78 is 0. The number of rotatable bonds is 4. The number of nitrogens with two attached hydrogens (primary N) is 1. The number of para-hydroxylation sites is 1. The maximum Gasteiger partial charge on any atom is 0.320 e. The molecule has 2 aromatic rings. The Hall–Kier alpha value is -3.35. The van der Waals surface area contributed by atoms with Crippen LogP contribution in [0.5, 0.6) is 0 Å². The van der Waals surface area contributed by atoms with Gasteiger partial charge in [-0.2, -0.15) is 0 Å². The number of anilines is 2. The van der Waals surface area contributed by atoms with Gasteiger partial charge in [-0.25, -0.2) is 4.79 Å². The molecule has 0 saturated carbocycles. The molecule has 0 saturated heterocycles. The third kappa shape index (κ3) is 3.45. The van der Waals surface area contributed by atoms with Gasteiger partial charge < -0.3 is 21.3 Å². The lowest BCUT2D eigenvalue weighted by Crippen LogP contribution is -2.42. The third-order valence-electron chi connectivity index (χ3n) is 3.95. The fourth-order valence-corrected chi connectivity index (χ4v) is 2.78. The molecule has 0 fully saturated rings. The van der Waals surface area contributed by atoms with Crippen LogP contribution in [0.3, 0.4) is 0 Å². The molecule has 0 aliphatic carbocycles. The van der Waals surface area contributed by atoms with Crippen molar-refractivity contribution in [2.45, 2.75) is 13.0 Å². The van der Waals surface area contributed by atoms with Crippen molar-refractivity contribution >= 4 is 29.2 Å². The van der Waals surface area contributed by atoms with Crippen LogP contribution in [0.15, 0.2) is 48.5 Å². The van der Waals surface area contributed by atoms with E-state index in [0.29, 0.717) is 16.9 Å². The molecular weight excluding hydrogens is 320 g/mol. The summed E-state index contributed by atoms with van der Waals surface area (Å²) >= 11 is 0. The predicted molar refractivity (Wildman–Crippen MR) is 94.1 cm³/mol. The number of aryl methyl sites for hydroxylation is 1. The second-order valence-electron chi connectivity index (χ2n) is 5.85. The number of hydrogen-bond acceptors (Lipinski definition) is 3. The van der Waals surface area contributed by atoms with Gasteiger partial charge in [-0.15, -0.1) is 0 Å². The van der Waals surface area contributed by atoms with Crippen LogP contribution in [0, 0.1) is 6.92 Å². The molecule has 1 aliphatic rings. The standard InChI is InChI=1S/C18H18N4O3/c1-11-6-8-12(9-7-11)20-18(25)21-16-13-4-2-3-5-14(13)22(17(16)24)10-15(19)23/h2-9,16H,10H2,1H3,(H2,19,23)(H2,20,21,25). The van der Waals surface area contributed by atoms with E-state index in [0.717, 1.165) is 5.56 Å². The van der Waals surface area contributed by atoms with Crippen LogP contribution >= 0.6 is 0 Å². The average Bonchev–Trinajstić information content (AvgIpc) is 2.82. The number of fused-ring (bicyclic) bond motifs is 1. The smallest absolute Gasteiger partial charge is 0.320 e. The number of carbonyl (C=O) groups excluding carboxylic acids is 3. The second-order valence-corrected chi connectivity index (χ2v) is 5.85. The second kappa shape index (κ2) is 6.64. The molecule has 7 nitrogen and oxygen atoms in total. The highest BCUT2D eigenvalue weighted by atomic mass is 16.2. The van der Waals surface area contributed by atoms with Gasteiger partial charge in [-0.05, 0) is 25.1 Å². The van der Waals surface area contributed by atoms with E-state index in [1.807, 2.05) is 19.1 Å². The van der Waals surface area contributed by atoms with Gasteiger partial charge in [-0.3, -0.25) is 9.59 Å². The molecule has 0 spiro atoms. The summed E-state index contributed by atoms with van der Waals surface area (Å²) in [6, 6.07) is 12.9. The molecular formula is C18H18N4O3. The van der Waals surface area contributed by atoms with E-state index in [4.69, 9.17) is 5.73 Å². The number of primary amides is 1. The van der Waals surface area contributed by atoms with Crippen LogP contribution in [0.25, 0.3) is 0 Å². The number of hydrogen-bond donors (Lipinski definition) is 3. The van der Waals surface area contributed by atoms with E-state index in [2.05, 4.69) is 10.6 Å². The van der Waals surface area contributed by atoms with Crippen LogP contribution in [0.4, 0.5) is 16.2 Å². The van der Waals surface area contributed by atoms with E-state index in [1.54, 1.807) is 36.4 Å². The van der Waals surface area contributed by atoms with Crippen molar-refractivity contribution in [3.05, 3.63) is 59.7 Å². The molecule has 1 aliphatic heterocycles. The molecule has 0 bridgehead atoms. The van der Waals surface area contributed by atoms with Crippen LogP contribution in [-0.2, 0) is 9.59 Å². The minimum absolute atomic E-state index is 0.229. The summed E-state index contributed by atoms with van der Waals surface area (Å²) in [5.74, 6) is -1.01. The zero-order chi connectivity index (χ0) is 18.0. The van der Waals surface area contributed by atoms with Crippen LogP contribution in [0.2, 0.25) is 0 Å². The molecule has 1 heterocycles. The summed E-state index contributed by atoms with van der Waals surface area (Å²) in [5, 5.41) is 5.35. The highest BCUT2D eigenvalue weighted by Crippen LogP contribution is 2.35. The number of nitrogens with zero attached hydrogens (tertiary/aromatic N) is 1. The van der Waals surface area contributed by atoms with Crippen molar-refractivity contribution in [2.75, 3.05) is 16.8 Å². The summed E-state index contributed by atoms with van der Waals surface area (Å²) in [6.45, 7) is 1.72. The SMILES string of the molecule is Cc1ccc(NC(=O)NC2C(=O)N(CC(N)=O)c3ccccc32)cc1. The minimum Gasteiger partial charge on any atom is -0.368 e. The molecule has 4 N–H and O–H groups in total. The quantitative estimate of drug-likeness (QED) is 0.790. The van der Waals surface area contributed by atoms with Crippen LogP contribution in [0.1, 0.15) is 17.2 Å². The summed E-state index contributed by atoms with van der Waals surface area (Å²) in [7, 11) is 0. The maximum atomic E-state index is 12.6. The van der Waals surface area contributed by atoms with Crippen molar-refractivity contribution < 1.29 is 14.4 Å². The first-order chi connectivity index (χ1) is 12.0. The van der Waals surface area contributed by atoms with E-state index in [-0.39, 0.29) is 12.5 Å². The maximum absolute atomic E-state index is 12.6. The normalized spacial score (nSPS) is 15.6. The number of benzene rings is 2. The van der Waals surface area contributed by atoms with Crippen molar-refractivity contribution in [1.82, 2.24) is 5.32 Å². The highest BCUT2D eigenvalue weighted by molar-refractivity contribution is 6.09. The lowest BCUT2D eigenvalue weighted by atomic mass is 10.1. The fourth-order valence-electron chi connectivity index (χ4n) is 2.78. The lowest BCUT2D eigenvalue weighted by molar-refractivity contribution is -0.122. The Morgan fingerprint density at radius 1 is 1.12 bits per heavy atom. The third-order valence-corrected chi connectivity index (χ3v) is 3.95. The van der Waals surface area contributed by atoms with E-state index in [9.17, 15) is 14.4 Å². The Balaban J connectivity index is 1.77. The first kappa shape index (κ1) is 16.5. The number of amides is 4. The average molecular weight is 338 g/mol. The Morgan fingerprint density at radius 3 is 2.48 bits per heavy atom. The molecule has 1 unspecified atom stereocenters. The van der Waals surface area contributed by atoms with Gasteiger partial charge in [0.25, 0.3) is 5.91 Å². The Labute approximate surface area is 144 Å². The largest absolute Gasteiger partial charge is 0.368 e. The highest BCUT2D eigenvalue weighted by Gasteiger charge is 2.38. The summed E-state index contributed by atoms with van der Waals surface area (Å²) in [6.07, 6.45) is 0. The molecule has 7 heteroatoms. The van der Waals surface area contributed by atoms with Gasteiger partial charge in [0, 0.05) is 11.3 Å². The fraction of sp³-hybridized carbons (Fsp3) is 0.167. The molecule has 128 valence electrons. The number of nitrogens with one attached hydrogen (secondary N) is 2. The van der Waals surface area contributed by atoms with E-state index < -0.39 is 18.0 Å². The monoisotopic (exact) mass is 338 g/mol. The van der Waals surface area contributed by atoms with Gasteiger partial charge in [-0.1, -0.05) is 35.9 Å². The summed E-state index contributed by atoms with van der Waals surface area (Å²) in [4.78, 5) is 37.4. The summed E-state index contributed by atoms with van der Waals surface area (Å²) in [5.41, 5.74) is 8.13. The molecule has 0 aromatic heterocycles. The molecule has 0 radical (unpaired) electrons. The minimum atomic E-state index is -0.860. The predicted octanol–water partition coefficient (Wildman–Crippen LogP) is 1.69. The lowest BCUT2D eigenvalue weighted by Gasteiger charge is -2.16. The van der Waals surface area contributed by atoms with Crippen molar-refractivity contribution in [2.24, 2.45) is 5.73 Å². The van der Waals surface area contributed by atoms with Gasteiger partial charge in [0.05, 0.1) is 5.69 Å². The zero-order valence-corrected chi connectivity index (χ0v) is 13.7. The van der Waals surface area contributed by atoms with E-state index >= 15 is 0 Å². The first-order valence-corrected chi connectivity index (χ1v) is 7.78.